The van der Waals surface area contributed by atoms with E-state index in [2.05, 4.69) is 4.99 Å². The normalized spacial score (nSPS) is 13.4. The van der Waals surface area contributed by atoms with Gasteiger partial charge in [0.25, 0.3) is 10.6 Å². The fraction of sp³-hybridized carbons (Fsp3) is 0.250. The summed E-state index contributed by atoms with van der Waals surface area (Å²) in [5.41, 5.74) is 0.795. The predicted molar refractivity (Wildman–Crippen MR) is 118 cm³/mol. The maximum atomic E-state index is 13.6. The van der Waals surface area contributed by atoms with Crippen LogP contribution in [0.5, 0.6) is 0 Å². The molecule has 0 aliphatic heterocycles. The van der Waals surface area contributed by atoms with E-state index in [1.165, 1.54) is 28.3 Å². The molecule has 10 heteroatoms. The van der Waals surface area contributed by atoms with E-state index in [4.69, 9.17) is 0 Å². The molecule has 0 spiro atoms. The van der Waals surface area contributed by atoms with Gasteiger partial charge in [-0.1, -0.05) is 11.3 Å². The van der Waals surface area contributed by atoms with Crippen molar-refractivity contribution in [1.82, 2.24) is 9.13 Å². The van der Waals surface area contributed by atoms with E-state index < -0.39 is 0 Å². The fourth-order valence-electron chi connectivity index (χ4n) is 3.11. The molecule has 3 aromatic heterocycles. The van der Waals surface area contributed by atoms with Crippen LogP contribution in [0.15, 0.2) is 34.2 Å². The molecule has 0 aliphatic carbocycles. The third-order valence-electron chi connectivity index (χ3n) is 4.55. The molecular formula is C20H20BrFN4OS3. The van der Waals surface area contributed by atoms with Crippen molar-refractivity contribution >= 4 is 56.5 Å². The number of nitrogens with zero attached hydrogens (tertiary/aromatic N) is 4. The van der Waals surface area contributed by atoms with Crippen molar-refractivity contribution in [2.75, 3.05) is 0 Å². The number of benzene rings is 1. The smallest absolute Gasteiger partial charge is 0.270 e. The van der Waals surface area contributed by atoms with Gasteiger partial charge in [0.2, 0.25) is 5.52 Å². The maximum absolute atomic E-state index is 13.6. The van der Waals surface area contributed by atoms with Crippen LogP contribution in [0.1, 0.15) is 16.8 Å². The summed E-state index contributed by atoms with van der Waals surface area (Å²) in [5, 5.41) is 0.956. The SMILES string of the molecule is CCn1c(=O)/c(=C/N=c2sc(C)cn2C)s/c1=C\c1sc2ccc(F)cc2[n+]1C.[Br-]. The highest BCUT2D eigenvalue weighted by Crippen LogP contribution is 2.21. The molecule has 3 heterocycles. The van der Waals surface area contributed by atoms with Crippen molar-refractivity contribution in [2.45, 2.75) is 20.4 Å². The van der Waals surface area contributed by atoms with Crippen molar-refractivity contribution in [2.24, 2.45) is 19.1 Å². The second kappa shape index (κ2) is 9.09. The van der Waals surface area contributed by atoms with Crippen LogP contribution in [-0.4, -0.2) is 9.13 Å². The van der Waals surface area contributed by atoms with Gasteiger partial charge in [-0.15, -0.1) is 22.7 Å². The van der Waals surface area contributed by atoms with Crippen LogP contribution >= 0.6 is 34.0 Å². The van der Waals surface area contributed by atoms with Gasteiger partial charge in [-0.25, -0.2) is 9.38 Å². The lowest BCUT2D eigenvalue weighted by Gasteiger charge is -1.93. The Morgan fingerprint density at radius 2 is 2.03 bits per heavy atom. The van der Waals surface area contributed by atoms with E-state index in [9.17, 15) is 9.18 Å². The third-order valence-corrected chi connectivity index (χ3v) is 7.77. The van der Waals surface area contributed by atoms with Crippen molar-refractivity contribution < 1.29 is 25.9 Å². The van der Waals surface area contributed by atoms with E-state index in [1.807, 2.05) is 49.3 Å². The van der Waals surface area contributed by atoms with Gasteiger partial charge in [0.1, 0.15) is 26.8 Å². The van der Waals surface area contributed by atoms with Crippen molar-refractivity contribution in [3.8, 4) is 0 Å². The number of aromatic nitrogens is 3. The van der Waals surface area contributed by atoms with Crippen LogP contribution in [-0.2, 0) is 20.6 Å². The molecule has 1 aromatic carbocycles. The summed E-state index contributed by atoms with van der Waals surface area (Å²) in [6, 6.07) is 4.79. The molecule has 0 saturated carbocycles. The average molecular weight is 528 g/mol. The Labute approximate surface area is 194 Å². The largest absolute Gasteiger partial charge is 1.00 e. The molecule has 0 bridgehead atoms. The summed E-state index contributed by atoms with van der Waals surface area (Å²) in [7, 11) is 3.85. The third kappa shape index (κ3) is 4.27. The van der Waals surface area contributed by atoms with Gasteiger partial charge < -0.3 is 21.5 Å². The van der Waals surface area contributed by atoms with Gasteiger partial charge in [-0.05, 0) is 26.0 Å². The molecule has 0 fully saturated rings. The first-order valence-electron chi connectivity index (χ1n) is 9.04. The topological polar surface area (TPSA) is 43.2 Å². The molecule has 0 N–H and O–H groups in total. The second-order valence-electron chi connectivity index (χ2n) is 6.60. The molecule has 30 heavy (non-hydrogen) atoms. The highest BCUT2D eigenvalue weighted by Gasteiger charge is 2.16. The van der Waals surface area contributed by atoms with Crippen LogP contribution in [0.25, 0.3) is 22.5 Å². The minimum atomic E-state index is -0.255. The van der Waals surface area contributed by atoms with Gasteiger partial charge in [0.15, 0.2) is 4.80 Å². The van der Waals surface area contributed by atoms with E-state index in [1.54, 1.807) is 39.5 Å². The number of hydrogen-bond donors (Lipinski definition) is 0. The zero-order valence-corrected chi connectivity index (χ0v) is 20.9. The van der Waals surface area contributed by atoms with Crippen molar-refractivity contribution in [3.05, 3.63) is 64.4 Å². The van der Waals surface area contributed by atoms with Gasteiger partial charge in [0.05, 0.1) is 12.3 Å². The molecule has 4 rings (SSSR count). The van der Waals surface area contributed by atoms with Crippen LogP contribution in [0, 0.1) is 12.7 Å². The lowest BCUT2D eigenvalue weighted by Crippen LogP contribution is -3.00. The molecule has 0 amide bonds. The first-order chi connectivity index (χ1) is 13.9. The van der Waals surface area contributed by atoms with Gasteiger partial charge in [-0.2, -0.15) is 4.57 Å². The summed E-state index contributed by atoms with van der Waals surface area (Å²) in [4.78, 5) is 19.4. The van der Waals surface area contributed by atoms with Crippen LogP contribution in [0.2, 0.25) is 0 Å². The summed E-state index contributed by atoms with van der Waals surface area (Å²) in [5.74, 6) is -0.255. The van der Waals surface area contributed by atoms with E-state index in [-0.39, 0.29) is 28.4 Å². The molecule has 0 unspecified atom stereocenters. The minimum Gasteiger partial charge on any atom is -1.00 e. The Bertz CT molecular complexity index is 1470. The minimum absolute atomic E-state index is 0. The molecular weight excluding hydrogens is 507 g/mol. The number of thiazole rings is 3. The number of aryl methyl sites for hydroxylation is 3. The lowest BCUT2D eigenvalue weighted by molar-refractivity contribution is -0.642. The van der Waals surface area contributed by atoms with Crippen molar-refractivity contribution in [1.29, 1.82) is 0 Å². The molecule has 0 aliphatic rings. The first kappa shape index (κ1) is 22.8. The monoisotopic (exact) mass is 526 g/mol. The molecule has 158 valence electrons. The van der Waals surface area contributed by atoms with Gasteiger partial charge in [0, 0.05) is 30.7 Å². The Kier molecular flexibility index (Phi) is 6.91. The molecule has 0 radical (unpaired) electrons. The van der Waals surface area contributed by atoms with E-state index >= 15 is 0 Å². The standard InChI is InChI=1S/C20H20FN4OS3.BrH/c1-5-25-18(9-17-24(4)14-8-13(21)6-7-15(14)28-17)29-16(19(25)26)10-22-20-23(3)11-12(2)27-20;/h6-11H,5H2,1-4H3;1H/q+1;/p-1/b16-10-,22-20?;. The zero-order valence-electron chi connectivity index (χ0n) is 16.8. The van der Waals surface area contributed by atoms with Gasteiger partial charge in [-0.3, -0.25) is 9.36 Å². The number of hydrogen-bond acceptors (Lipinski definition) is 5. The molecule has 4 aromatic rings. The predicted octanol–water partition coefficient (Wildman–Crippen LogP) is -1.01. The Morgan fingerprint density at radius 3 is 2.70 bits per heavy atom. The fourth-order valence-corrected chi connectivity index (χ4v) is 6.07. The molecule has 0 saturated heterocycles. The quantitative estimate of drug-likeness (QED) is 0.315. The second-order valence-corrected chi connectivity index (χ2v) is 9.94. The average Bonchev–Trinajstić information content (AvgIpc) is 3.27. The number of halogens is 2. The summed E-state index contributed by atoms with van der Waals surface area (Å²) >= 11 is 4.58. The van der Waals surface area contributed by atoms with E-state index in [0.717, 1.165) is 24.7 Å². The van der Waals surface area contributed by atoms with E-state index in [0.29, 0.717) is 11.1 Å². The lowest BCUT2D eigenvalue weighted by atomic mass is 10.3. The van der Waals surface area contributed by atoms with Crippen LogP contribution in [0.3, 0.4) is 0 Å². The van der Waals surface area contributed by atoms with Crippen LogP contribution in [0.4, 0.5) is 4.39 Å². The van der Waals surface area contributed by atoms with Crippen molar-refractivity contribution in [3.63, 3.8) is 0 Å². The highest BCUT2D eigenvalue weighted by molar-refractivity contribution is 7.19. The number of fused-ring (bicyclic) bond motifs is 1. The van der Waals surface area contributed by atoms with Gasteiger partial charge >= 0.3 is 0 Å². The number of rotatable bonds is 3. The van der Waals surface area contributed by atoms with Crippen LogP contribution < -0.4 is 41.1 Å². The summed E-state index contributed by atoms with van der Waals surface area (Å²) < 4.78 is 21.7. The summed E-state index contributed by atoms with van der Waals surface area (Å²) in [6.45, 7) is 4.56. The summed E-state index contributed by atoms with van der Waals surface area (Å²) in [6.07, 6.45) is 5.66. The zero-order chi connectivity index (χ0) is 20.7. The Hall–Kier alpha value is -1.88. The molecule has 5 nitrogen and oxygen atoms in total. The Balaban J connectivity index is 0.00000256. The Morgan fingerprint density at radius 1 is 1.27 bits per heavy atom. The first-order valence-corrected chi connectivity index (χ1v) is 11.5. The highest BCUT2D eigenvalue weighted by atomic mass is 79.9. The molecule has 0 atom stereocenters. The maximum Gasteiger partial charge on any atom is 0.270 e.